The second kappa shape index (κ2) is 4.69. The van der Waals surface area contributed by atoms with E-state index in [0.29, 0.717) is 25.0 Å². The van der Waals surface area contributed by atoms with Gasteiger partial charge in [0.2, 0.25) is 0 Å². The van der Waals surface area contributed by atoms with Gasteiger partial charge in [-0.1, -0.05) is 19.1 Å². The Balaban J connectivity index is 1.66. The van der Waals surface area contributed by atoms with E-state index in [1.54, 1.807) is 0 Å². The standard InChI is InChI=1S/C12H19NO2/c1-2-5-13-12(14)15-8-11-7-9-3-4-10(11)6-9/h3-4,9-11H,2,5-8H2,1H3,(H,13,14). The summed E-state index contributed by atoms with van der Waals surface area (Å²) in [6.45, 7) is 3.32. The van der Waals surface area contributed by atoms with E-state index in [4.69, 9.17) is 4.74 Å². The zero-order valence-electron chi connectivity index (χ0n) is 9.24. The van der Waals surface area contributed by atoms with E-state index in [-0.39, 0.29) is 6.09 Å². The normalized spacial score (nSPS) is 31.9. The van der Waals surface area contributed by atoms with Gasteiger partial charge in [0.1, 0.15) is 0 Å². The topological polar surface area (TPSA) is 38.3 Å². The highest BCUT2D eigenvalue weighted by Crippen LogP contribution is 2.43. The first-order valence-corrected chi connectivity index (χ1v) is 5.88. The van der Waals surface area contributed by atoms with Crippen LogP contribution in [0.2, 0.25) is 0 Å². The van der Waals surface area contributed by atoms with Gasteiger partial charge in [0.05, 0.1) is 6.61 Å². The SMILES string of the molecule is CCCNC(=O)OCC1CC2C=CC1C2. The summed E-state index contributed by atoms with van der Waals surface area (Å²) in [7, 11) is 0. The van der Waals surface area contributed by atoms with Gasteiger partial charge in [-0.25, -0.2) is 4.79 Å². The Morgan fingerprint density at radius 2 is 2.33 bits per heavy atom. The molecule has 0 aromatic rings. The lowest BCUT2D eigenvalue weighted by atomic mass is 9.95. The van der Waals surface area contributed by atoms with Crippen LogP contribution in [0.3, 0.4) is 0 Å². The number of nitrogens with one attached hydrogen (secondary N) is 1. The minimum absolute atomic E-state index is 0.261. The van der Waals surface area contributed by atoms with Crippen molar-refractivity contribution in [3.05, 3.63) is 12.2 Å². The summed E-state index contributed by atoms with van der Waals surface area (Å²) < 4.78 is 5.20. The van der Waals surface area contributed by atoms with Crippen molar-refractivity contribution in [2.75, 3.05) is 13.2 Å². The van der Waals surface area contributed by atoms with Gasteiger partial charge in [-0.15, -0.1) is 0 Å². The Hall–Kier alpha value is -0.990. The van der Waals surface area contributed by atoms with Gasteiger partial charge in [-0.05, 0) is 31.1 Å². The highest BCUT2D eigenvalue weighted by Gasteiger charge is 2.36. The summed E-state index contributed by atoms with van der Waals surface area (Å²) in [4.78, 5) is 11.2. The fourth-order valence-corrected chi connectivity index (χ4v) is 2.55. The van der Waals surface area contributed by atoms with Crippen molar-refractivity contribution in [3.63, 3.8) is 0 Å². The third-order valence-electron chi connectivity index (χ3n) is 3.36. The van der Waals surface area contributed by atoms with Crippen LogP contribution in [0.15, 0.2) is 12.2 Å². The predicted octanol–water partition coefficient (Wildman–Crippen LogP) is 2.33. The van der Waals surface area contributed by atoms with E-state index in [1.807, 2.05) is 6.92 Å². The molecule has 1 N–H and O–H groups in total. The molecule has 2 aliphatic rings. The third-order valence-corrected chi connectivity index (χ3v) is 3.36. The maximum atomic E-state index is 11.2. The summed E-state index contributed by atoms with van der Waals surface area (Å²) in [5, 5.41) is 2.72. The third kappa shape index (κ3) is 2.52. The quantitative estimate of drug-likeness (QED) is 0.722. The van der Waals surface area contributed by atoms with Crippen LogP contribution in [0.4, 0.5) is 4.79 Å². The predicted molar refractivity (Wildman–Crippen MR) is 58.5 cm³/mol. The molecule has 1 amide bonds. The molecule has 84 valence electrons. The molecule has 0 saturated heterocycles. The van der Waals surface area contributed by atoms with Crippen LogP contribution in [0.25, 0.3) is 0 Å². The van der Waals surface area contributed by atoms with Gasteiger partial charge in [0.15, 0.2) is 0 Å². The van der Waals surface area contributed by atoms with Gasteiger partial charge in [0, 0.05) is 12.5 Å². The molecular weight excluding hydrogens is 190 g/mol. The Morgan fingerprint density at radius 3 is 2.93 bits per heavy atom. The molecule has 2 aliphatic carbocycles. The molecule has 0 aromatic heterocycles. The number of hydrogen-bond acceptors (Lipinski definition) is 2. The van der Waals surface area contributed by atoms with Crippen LogP contribution >= 0.6 is 0 Å². The molecule has 0 heterocycles. The second-order valence-electron chi connectivity index (χ2n) is 4.57. The first-order valence-electron chi connectivity index (χ1n) is 5.88. The Morgan fingerprint density at radius 1 is 1.47 bits per heavy atom. The number of fused-ring (bicyclic) bond motifs is 2. The molecule has 0 aliphatic heterocycles. The van der Waals surface area contributed by atoms with E-state index in [9.17, 15) is 4.79 Å². The van der Waals surface area contributed by atoms with Gasteiger partial charge < -0.3 is 10.1 Å². The molecule has 3 heteroatoms. The lowest BCUT2D eigenvalue weighted by molar-refractivity contribution is 0.120. The van der Waals surface area contributed by atoms with Gasteiger partial charge >= 0.3 is 6.09 Å². The van der Waals surface area contributed by atoms with E-state index < -0.39 is 0 Å². The van der Waals surface area contributed by atoms with Crippen LogP contribution in [0.1, 0.15) is 26.2 Å². The number of carbonyl (C=O) groups excluding carboxylic acids is 1. The minimum Gasteiger partial charge on any atom is -0.449 e. The van der Waals surface area contributed by atoms with E-state index >= 15 is 0 Å². The zero-order valence-corrected chi connectivity index (χ0v) is 9.24. The maximum absolute atomic E-state index is 11.2. The van der Waals surface area contributed by atoms with Crippen molar-refractivity contribution >= 4 is 6.09 Å². The lowest BCUT2D eigenvalue weighted by Crippen LogP contribution is -2.27. The van der Waals surface area contributed by atoms with E-state index in [1.165, 1.54) is 12.8 Å². The molecule has 3 unspecified atom stereocenters. The molecule has 1 fully saturated rings. The molecule has 0 radical (unpaired) electrons. The van der Waals surface area contributed by atoms with Gasteiger partial charge in [-0.2, -0.15) is 0 Å². The molecular formula is C12H19NO2. The fraction of sp³-hybridized carbons (Fsp3) is 0.750. The summed E-state index contributed by atoms with van der Waals surface area (Å²) in [5.74, 6) is 1.98. The molecule has 2 bridgehead atoms. The second-order valence-corrected chi connectivity index (χ2v) is 4.57. The number of alkyl carbamates (subject to hydrolysis) is 1. The first kappa shape index (κ1) is 10.5. The molecule has 0 aromatic carbocycles. The van der Waals surface area contributed by atoms with Gasteiger partial charge in [-0.3, -0.25) is 0 Å². The van der Waals surface area contributed by atoms with E-state index in [0.717, 1.165) is 12.3 Å². The Kier molecular flexibility index (Phi) is 3.29. The number of allylic oxidation sites excluding steroid dienone is 2. The highest BCUT2D eigenvalue weighted by molar-refractivity contribution is 5.67. The summed E-state index contributed by atoms with van der Waals surface area (Å²) in [5.41, 5.74) is 0. The van der Waals surface area contributed by atoms with Crippen LogP contribution in [-0.4, -0.2) is 19.2 Å². The average Bonchev–Trinajstić information content (AvgIpc) is 2.84. The van der Waals surface area contributed by atoms with Crippen LogP contribution in [0, 0.1) is 17.8 Å². The molecule has 2 rings (SSSR count). The molecule has 3 nitrogen and oxygen atoms in total. The van der Waals surface area contributed by atoms with Crippen molar-refractivity contribution in [1.82, 2.24) is 5.32 Å². The Bertz CT molecular complexity index is 262. The highest BCUT2D eigenvalue weighted by atomic mass is 16.5. The van der Waals surface area contributed by atoms with Crippen LogP contribution < -0.4 is 5.32 Å². The molecule has 1 saturated carbocycles. The maximum Gasteiger partial charge on any atom is 0.407 e. The number of amides is 1. The van der Waals surface area contributed by atoms with Crippen LogP contribution in [-0.2, 0) is 4.74 Å². The number of ether oxygens (including phenoxy) is 1. The van der Waals surface area contributed by atoms with E-state index in [2.05, 4.69) is 17.5 Å². The van der Waals surface area contributed by atoms with Crippen LogP contribution in [0.5, 0.6) is 0 Å². The number of hydrogen-bond donors (Lipinski definition) is 1. The fourth-order valence-electron chi connectivity index (χ4n) is 2.55. The number of carbonyl (C=O) groups is 1. The van der Waals surface area contributed by atoms with Crippen molar-refractivity contribution in [2.24, 2.45) is 17.8 Å². The smallest absolute Gasteiger partial charge is 0.407 e. The summed E-state index contributed by atoms with van der Waals surface area (Å²) in [6.07, 6.45) is 7.74. The lowest BCUT2D eigenvalue weighted by Gasteiger charge is -2.17. The van der Waals surface area contributed by atoms with Crippen molar-refractivity contribution in [3.8, 4) is 0 Å². The number of rotatable bonds is 4. The molecule has 3 atom stereocenters. The monoisotopic (exact) mass is 209 g/mol. The Labute approximate surface area is 90.9 Å². The zero-order chi connectivity index (χ0) is 10.7. The summed E-state index contributed by atoms with van der Waals surface area (Å²) in [6, 6.07) is 0. The largest absolute Gasteiger partial charge is 0.449 e. The van der Waals surface area contributed by atoms with Crippen molar-refractivity contribution in [1.29, 1.82) is 0 Å². The average molecular weight is 209 g/mol. The minimum atomic E-state index is -0.261. The molecule has 15 heavy (non-hydrogen) atoms. The van der Waals surface area contributed by atoms with Crippen molar-refractivity contribution in [2.45, 2.75) is 26.2 Å². The van der Waals surface area contributed by atoms with Crippen molar-refractivity contribution < 1.29 is 9.53 Å². The molecule has 0 spiro atoms. The summed E-state index contributed by atoms with van der Waals surface area (Å²) >= 11 is 0. The first-order chi connectivity index (χ1) is 7.29. The van der Waals surface area contributed by atoms with Gasteiger partial charge in [0.25, 0.3) is 0 Å².